The number of nitrogens with one attached hydrogen (secondary N) is 1. The molecule has 2 N–H and O–H groups in total. The molecule has 0 unspecified atom stereocenters. The molecule has 2 aromatic carbocycles. The van der Waals surface area contributed by atoms with Crippen molar-refractivity contribution in [2.45, 2.75) is 51.5 Å². The summed E-state index contributed by atoms with van der Waals surface area (Å²) in [6.45, 7) is 5.75. The van der Waals surface area contributed by atoms with Gasteiger partial charge in [-0.05, 0) is 93.9 Å². The number of pyridine rings is 1. The van der Waals surface area contributed by atoms with E-state index in [1.54, 1.807) is 7.11 Å². The fourth-order valence-electron chi connectivity index (χ4n) is 6.63. The number of hydroxylamine groups is 1. The van der Waals surface area contributed by atoms with E-state index < -0.39 is 22.9 Å². The van der Waals surface area contributed by atoms with E-state index in [0.29, 0.717) is 70.7 Å². The van der Waals surface area contributed by atoms with E-state index >= 15 is 0 Å². The van der Waals surface area contributed by atoms with Crippen LogP contribution in [0.1, 0.15) is 48.8 Å². The number of morpholine rings is 1. The second-order valence-electron chi connectivity index (χ2n) is 11.9. The molecule has 2 aliphatic heterocycles. The third kappa shape index (κ3) is 7.51. The minimum absolute atomic E-state index is 0.105. The number of aryl methyl sites for hydroxylation is 1. The highest BCUT2D eigenvalue weighted by molar-refractivity contribution is 5.85. The van der Waals surface area contributed by atoms with E-state index in [0.717, 1.165) is 54.7 Å². The Morgan fingerprint density at radius 1 is 1.00 bits per heavy atom. The molecule has 2 aliphatic rings. The van der Waals surface area contributed by atoms with Gasteiger partial charge in [-0.3, -0.25) is 19.9 Å². The van der Waals surface area contributed by atoms with Crippen LogP contribution in [0.3, 0.4) is 0 Å². The number of benzene rings is 2. The molecule has 1 amide bonds. The topological polar surface area (TPSA) is 87.2 Å². The Bertz CT molecular complexity index is 1420. The summed E-state index contributed by atoms with van der Waals surface area (Å²) in [4.78, 5) is 22.3. The molecule has 3 heterocycles. The first-order valence-corrected chi connectivity index (χ1v) is 15.4. The number of hydrogen-bond donors (Lipinski definition) is 2. The van der Waals surface area contributed by atoms with Crippen LogP contribution < -0.4 is 10.2 Å². The highest BCUT2D eigenvalue weighted by atomic mass is 19.1. The molecule has 0 saturated carbocycles. The quantitative estimate of drug-likeness (QED) is 0.219. The number of ether oxygens (including phenoxy) is 2. The zero-order chi connectivity index (χ0) is 31.1. The molecule has 1 aromatic heterocycles. The largest absolute Gasteiger partial charge is 0.497 e. The van der Waals surface area contributed by atoms with Gasteiger partial charge in [0.2, 0.25) is 5.91 Å². The van der Waals surface area contributed by atoms with Crippen LogP contribution in [-0.2, 0) is 28.9 Å². The van der Waals surface area contributed by atoms with E-state index in [1.165, 1.54) is 5.56 Å². The Kier molecular flexibility index (Phi) is 10.7. The fraction of sp³-hybridized carbons (Fsp3) is 0.515. The standard InChI is InChI=1S/C33H41F3N4O4/c1-43-25-6-7-31-28(20-25)26(23(21-37-31)22-40-14-16-44-17-15-40)4-2-8-33(32(41)38-42)9-12-39(13-10-33)11-3-5-27-29(35)18-24(34)19-30(27)36/h6-7,18-21,42H,2-5,8-17,22H2,1H3,(H,38,41). The van der Waals surface area contributed by atoms with Crippen LogP contribution in [0, 0.1) is 22.9 Å². The smallest absolute Gasteiger partial charge is 0.249 e. The fourth-order valence-corrected chi connectivity index (χ4v) is 6.63. The first kappa shape index (κ1) is 32.2. The summed E-state index contributed by atoms with van der Waals surface area (Å²) in [5.74, 6) is -2.27. The number of carbonyl (C=O) groups is 1. The Balaban J connectivity index is 1.24. The van der Waals surface area contributed by atoms with Gasteiger partial charge >= 0.3 is 0 Å². The number of fused-ring (bicyclic) bond motifs is 1. The normalized spacial score (nSPS) is 17.6. The number of carbonyl (C=O) groups excluding carboxylic acids is 1. The van der Waals surface area contributed by atoms with Crippen LogP contribution >= 0.6 is 0 Å². The second kappa shape index (κ2) is 14.7. The number of piperidine rings is 1. The van der Waals surface area contributed by atoms with Gasteiger partial charge in [0.15, 0.2) is 0 Å². The number of methoxy groups -OCH3 is 1. The van der Waals surface area contributed by atoms with Crippen LogP contribution in [-0.4, -0.2) is 78.9 Å². The van der Waals surface area contributed by atoms with Crippen molar-refractivity contribution in [2.24, 2.45) is 5.41 Å². The van der Waals surface area contributed by atoms with Crippen LogP contribution in [0.2, 0.25) is 0 Å². The lowest BCUT2D eigenvalue weighted by Gasteiger charge is -2.40. The average Bonchev–Trinajstić information content (AvgIpc) is 3.03. The number of nitrogens with zero attached hydrogens (tertiary/aromatic N) is 3. The van der Waals surface area contributed by atoms with Gasteiger partial charge in [0.1, 0.15) is 23.2 Å². The minimum Gasteiger partial charge on any atom is -0.497 e. The number of rotatable bonds is 12. The third-order valence-corrected chi connectivity index (χ3v) is 9.26. The van der Waals surface area contributed by atoms with Gasteiger partial charge in [-0.25, -0.2) is 18.7 Å². The number of hydrogen-bond acceptors (Lipinski definition) is 7. The maximum atomic E-state index is 14.0. The Morgan fingerprint density at radius 3 is 2.39 bits per heavy atom. The molecule has 5 rings (SSSR count). The zero-order valence-corrected chi connectivity index (χ0v) is 25.2. The van der Waals surface area contributed by atoms with Crippen molar-refractivity contribution in [1.29, 1.82) is 0 Å². The molecule has 8 nitrogen and oxygen atoms in total. The van der Waals surface area contributed by atoms with Crippen molar-refractivity contribution < 1.29 is 32.6 Å². The maximum absolute atomic E-state index is 14.0. The Hall–Kier alpha value is -3.25. The molecule has 44 heavy (non-hydrogen) atoms. The van der Waals surface area contributed by atoms with Gasteiger partial charge in [-0.1, -0.05) is 0 Å². The predicted molar refractivity (Wildman–Crippen MR) is 160 cm³/mol. The first-order valence-electron chi connectivity index (χ1n) is 15.4. The average molecular weight is 615 g/mol. The molecule has 0 aliphatic carbocycles. The summed E-state index contributed by atoms with van der Waals surface area (Å²) in [6, 6.07) is 7.31. The van der Waals surface area contributed by atoms with Crippen LogP contribution in [0.4, 0.5) is 13.2 Å². The van der Waals surface area contributed by atoms with Gasteiger partial charge in [-0.15, -0.1) is 0 Å². The van der Waals surface area contributed by atoms with E-state index in [9.17, 15) is 23.2 Å². The van der Waals surface area contributed by atoms with E-state index in [-0.39, 0.29) is 17.9 Å². The summed E-state index contributed by atoms with van der Waals surface area (Å²) >= 11 is 0. The monoisotopic (exact) mass is 614 g/mol. The van der Waals surface area contributed by atoms with Gasteiger partial charge in [0, 0.05) is 48.9 Å². The maximum Gasteiger partial charge on any atom is 0.249 e. The Labute approximate surface area is 256 Å². The SMILES string of the molecule is COc1ccc2ncc(CN3CCOCC3)c(CCCC3(C(=O)NO)CCN(CCCc4c(F)cc(F)cc4F)CC3)c2c1. The lowest BCUT2D eigenvalue weighted by atomic mass is 9.73. The van der Waals surface area contributed by atoms with Crippen LogP contribution in [0.15, 0.2) is 36.5 Å². The molecule has 0 radical (unpaired) electrons. The highest BCUT2D eigenvalue weighted by Gasteiger charge is 2.40. The van der Waals surface area contributed by atoms with Gasteiger partial charge < -0.3 is 14.4 Å². The molecule has 0 bridgehead atoms. The molecular weight excluding hydrogens is 573 g/mol. The second-order valence-corrected chi connectivity index (χ2v) is 11.9. The Morgan fingerprint density at radius 2 is 1.70 bits per heavy atom. The van der Waals surface area contributed by atoms with Crippen molar-refractivity contribution in [3.05, 3.63) is 70.7 Å². The number of halogens is 3. The molecule has 0 spiro atoms. The molecule has 0 atom stereocenters. The van der Waals surface area contributed by atoms with E-state index in [1.807, 2.05) is 29.9 Å². The highest BCUT2D eigenvalue weighted by Crippen LogP contribution is 2.38. The lowest BCUT2D eigenvalue weighted by Crippen LogP contribution is -2.48. The van der Waals surface area contributed by atoms with Gasteiger partial charge in [-0.2, -0.15) is 0 Å². The summed E-state index contributed by atoms with van der Waals surface area (Å²) in [5, 5.41) is 10.7. The summed E-state index contributed by atoms with van der Waals surface area (Å²) < 4.78 is 52.4. The number of likely N-dealkylation sites (tertiary alicyclic amines) is 1. The molecule has 238 valence electrons. The lowest BCUT2D eigenvalue weighted by molar-refractivity contribution is -0.143. The van der Waals surface area contributed by atoms with Crippen molar-refractivity contribution in [3.8, 4) is 5.75 Å². The van der Waals surface area contributed by atoms with Crippen molar-refractivity contribution in [2.75, 3.05) is 53.0 Å². The van der Waals surface area contributed by atoms with E-state index in [2.05, 4.69) is 9.80 Å². The first-order chi connectivity index (χ1) is 21.3. The summed E-state index contributed by atoms with van der Waals surface area (Å²) in [7, 11) is 1.65. The number of aromatic nitrogens is 1. The van der Waals surface area contributed by atoms with Gasteiger partial charge in [0.25, 0.3) is 0 Å². The molecule has 2 fully saturated rings. The van der Waals surface area contributed by atoms with Crippen LogP contribution in [0.25, 0.3) is 10.9 Å². The summed E-state index contributed by atoms with van der Waals surface area (Å²) in [5.41, 5.74) is 4.33. The van der Waals surface area contributed by atoms with Crippen molar-refractivity contribution >= 4 is 16.8 Å². The van der Waals surface area contributed by atoms with Crippen molar-refractivity contribution in [1.82, 2.24) is 20.3 Å². The predicted octanol–water partition coefficient (Wildman–Crippen LogP) is 5.04. The third-order valence-electron chi connectivity index (χ3n) is 9.26. The van der Waals surface area contributed by atoms with Gasteiger partial charge in [0.05, 0.1) is 31.3 Å². The van der Waals surface area contributed by atoms with Crippen molar-refractivity contribution in [3.63, 3.8) is 0 Å². The number of amides is 1. The minimum atomic E-state index is -0.927. The molecular formula is C33H41F3N4O4. The zero-order valence-electron chi connectivity index (χ0n) is 25.2. The molecule has 11 heteroatoms. The van der Waals surface area contributed by atoms with Crippen LogP contribution in [0.5, 0.6) is 5.75 Å². The van der Waals surface area contributed by atoms with E-state index in [4.69, 9.17) is 14.5 Å². The summed E-state index contributed by atoms with van der Waals surface area (Å²) in [6.07, 6.45) is 5.82. The molecule has 3 aromatic rings. The molecule has 2 saturated heterocycles.